The highest BCUT2D eigenvalue weighted by Crippen LogP contribution is 2.18. The average Bonchev–Trinajstić information content (AvgIpc) is 3.23. The van der Waals surface area contributed by atoms with E-state index in [0.29, 0.717) is 19.3 Å². The van der Waals surface area contributed by atoms with Crippen molar-refractivity contribution in [2.24, 2.45) is 11.8 Å². The lowest BCUT2D eigenvalue weighted by Crippen LogP contribution is -2.30. The van der Waals surface area contributed by atoms with Gasteiger partial charge in [-0.25, -0.2) is 0 Å². The molecular weight excluding hydrogens is 745 g/mol. The predicted molar refractivity (Wildman–Crippen MR) is 256 cm³/mol. The van der Waals surface area contributed by atoms with E-state index in [4.69, 9.17) is 14.2 Å². The van der Waals surface area contributed by atoms with Gasteiger partial charge in [-0.1, -0.05) is 259 Å². The molecule has 0 aliphatic carbocycles. The van der Waals surface area contributed by atoms with Gasteiger partial charge < -0.3 is 14.2 Å². The molecule has 1 unspecified atom stereocenters. The van der Waals surface area contributed by atoms with Crippen molar-refractivity contribution >= 4 is 17.9 Å². The Balaban J connectivity index is 4.14. The Morgan fingerprint density at radius 3 is 0.950 bits per heavy atom. The van der Waals surface area contributed by atoms with Crippen molar-refractivity contribution in [3.63, 3.8) is 0 Å². The van der Waals surface area contributed by atoms with Crippen LogP contribution in [0.1, 0.15) is 298 Å². The molecule has 6 heteroatoms. The molecule has 0 N–H and O–H groups in total. The first-order chi connectivity index (χ1) is 29.3. The first-order valence-corrected chi connectivity index (χ1v) is 26.8. The van der Waals surface area contributed by atoms with Gasteiger partial charge in [-0.05, 0) is 31.1 Å². The van der Waals surface area contributed by atoms with Crippen LogP contribution in [0.15, 0.2) is 0 Å². The topological polar surface area (TPSA) is 78.9 Å². The summed E-state index contributed by atoms with van der Waals surface area (Å²) in [5.41, 5.74) is 0. The Kier molecular flexibility index (Phi) is 45.7. The third-order valence-corrected chi connectivity index (χ3v) is 12.6. The largest absolute Gasteiger partial charge is 0.462 e. The van der Waals surface area contributed by atoms with Gasteiger partial charge in [0.2, 0.25) is 0 Å². The zero-order chi connectivity index (χ0) is 44.0. The first-order valence-electron chi connectivity index (χ1n) is 26.8. The van der Waals surface area contributed by atoms with Crippen LogP contribution >= 0.6 is 0 Å². The Labute approximate surface area is 374 Å². The second kappa shape index (κ2) is 46.9. The average molecular weight is 849 g/mol. The molecule has 0 heterocycles. The summed E-state index contributed by atoms with van der Waals surface area (Å²) in [6.45, 7) is 11.4. The molecule has 0 radical (unpaired) electrons. The molecular formula is C54H104O6. The van der Waals surface area contributed by atoms with Crippen LogP contribution in [-0.2, 0) is 28.6 Å². The lowest BCUT2D eigenvalue weighted by Gasteiger charge is -2.18. The molecule has 0 spiro atoms. The summed E-state index contributed by atoms with van der Waals surface area (Å²) in [4.78, 5) is 37.8. The Hall–Kier alpha value is -1.59. The quantitative estimate of drug-likeness (QED) is 0.0345. The normalized spacial score (nSPS) is 12.5. The minimum absolute atomic E-state index is 0.0641. The molecule has 0 aliphatic heterocycles. The summed E-state index contributed by atoms with van der Waals surface area (Å²) in [5.74, 6) is 0.852. The van der Waals surface area contributed by atoms with Gasteiger partial charge in [0, 0.05) is 19.3 Å². The maximum Gasteiger partial charge on any atom is 0.306 e. The van der Waals surface area contributed by atoms with Crippen LogP contribution in [-0.4, -0.2) is 37.2 Å². The number of esters is 3. The van der Waals surface area contributed by atoms with E-state index in [1.165, 1.54) is 186 Å². The summed E-state index contributed by atoms with van der Waals surface area (Å²) in [6.07, 6.45) is 48.2. The highest BCUT2D eigenvalue weighted by Gasteiger charge is 2.19. The smallest absolute Gasteiger partial charge is 0.306 e. The van der Waals surface area contributed by atoms with E-state index in [1.54, 1.807) is 0 Å². The molecule has 0 aromatic heterocycles. The molecule has 0 fully saturated rings. The third-order valence-electron chi connectivity index (χ3n) is 12.6. The van der Waals surface area contributed by atoms with E-state index >= 15 is 0 Å². The van der Waals surface area contributed by atoms with Gasteiger partial charge in [0.25, 0.3) is 0 Å². The van der Waals surface area contributed by atoms with E-state index in [1.807, 2.05) is 0 Å². The van der Waals surface area contributed by atoms with Gasteiger partial charge in [0.15, 0.2) is 6.10 Å². The second-order valence-electron chi connectivity index (χ2n) is 19.2. The van der Waals surface area contributed by atoms with Crippen molar-refractivity contribution in [3.05, 3.63) is 0 Å². The van der Waals surface area contributed by atoms with Crippen LogP contribution in [0.2, 0.25) is 0 Å². The SMILES string of the molecule is CCCCCCCCCCCC(=O)OC[C@H](COC(=O)CCCCCCCCCCCCCCCCCCCCC(C)CC)OC(=O)CCCCCCCCCCC(C)C. The molecule has 2 atom stereocenters. The zero-order valence-electron chi connectivity index (χ0n) is 41.1. The van der Waals surface area contributed by atoms with Crippen LogP contribution in [0.3, 0.4) is 0 Å². The van der Waals surface area contributed by atoms with Gasteiger partial charge in [0.1, 0.15) is 13.2 Å². The Morgan fingerprint density at radius 2 is 0.633 bits per heavy atom. The summed E-state index contributed by atoms with van der Waals surface area (Å²) in [5, 5.41) is 0. The van der Waals surface area contributed by atoms with Crippen molar-refractivity contribution in [1.29, 1.82) is 0 Å². The van der Waals surface area contributed by atoms with Gasteiger partial charge in [-0.3, -0.25) is 14.4 Å². The van der Waals surface area contributed by atoms with Crippen molar-refractivity contribution in [1.82, 2.24) is 0 Å². The molecule has 0 rings (SSSR count). The molecule has 0 saturated heterocycles. The van der Waals surface area contributed by atoms with Crippen molar-refractivity contribution < 1.29 is 28.6 Å². The minimum Gasteiger partial charge on any atom is -0.462 e. The minimum atomic E-state index is -0.761. The number of hydrogen-bond acceptors (Lipinski definition) is 6. The molecule has 0 bridgehead atoms. The highest BCUT2D eigenvalue weighted by molar-refractivity contribution is 5.71. The lowest BCUT2D eigenvalue weighted by molar-refractivity contribution is -0.167. The molecule has 0 saturated carbocycles. The maximum absolute atomic E-state index is 12.7. The summed E-state index contributed by atoms with van der Waals surface area (Å²) in [6, 6.07) is 0. The van der Waals surface area contributed by atoms with Gasteiger partial charge >= 0.3 is 17.9 Å². The first kappa shape index (κ1) is 58.4. The predicted octanol–water partition coefficient (Wildman–Crippen LogP) is 17.3. The fourth-order valence-electron chi connectivity index (χ4n) is 8.13. The fourth-order valence-corrected chi connectivity index (χ4v) is 8.13. The third kappa shape index (κ3) is 45.9. The monoisotopic (exact) mass is 849 g/mol. The number of unbranched alkanes of at least 4 members (excludes halogenated alkanes) is 32. The standard InChI is InChI=1S/C54H104O6/c1-6-8-9-10-11-22-29-34-39-44-52(55)58-47-51(60-54(57)46-41-36-31-26-25-27-32-37-42-49(3)4)48-59-53(56)45-40-35-30-24-21-19-17-15-13-12-14-16-18-20-23-28-33-38-43-50(5)7-2/h49-51H,6-48H2,1-5H3/t50?,51-/m1/s1. The van der Waals surface area contributed by atoms with Crippen molar-refractivity contribution in [2.75, 3.05) is 13.2 Å². The molecule has 0 aromatic carbocycles. The van der Waals surface area contributed by atoms with Crippen molar-refractivity contribution in [3.8, 4) is 0 Å². The fraction of sp³-hybridized carbons (Fsp3) is 0.944. The summed E-state index contributed by atoms with van der Waals surface area (Å²) >= 11 is 0. The van der Waals surface area contributed by atoms with Crippen LogP contribution in [0, 0.1) is 11.8 Å². The molecule has 0 amide bonds. The molecule has 6 nitrogen and oxygen atoms in total. The van der Waals surface area contributed by atoms with Crippen molar-refractivity contribution in [2.45, 2.75) is 304 Å². The lowest BCUT2D eigenvalue weighted by atomic mass is 9.99. The van der Waals surface area contributed by atoms with E-state index < -0.39 is 6.10 Å². The Morgan fingerprint density at radius 1 is 0.350 bits per heavy atom. The van der Waals surface area contributed by atoms with Gasteiger partial charge in [-0.2, -0.15) is 0 Å². The van der Waals surface area contributed by atoms with E-state index in [2.05, 4.69) is 34.6 Å². The van der Waals surface area contributed by atoms with Crippen LogP contribution < -0.4 is 0 Å². The summed E-state index contributed by atoms with van der Waals surface area (Å²) in [7, 11) is 0. The van der Waals surface area contributed by atoms with Crippen LogP contribution in [0.5, 0.6) is 0 Å². The van der Waals surface area contributed by atoms with E-state index in [-0.39, 0.29) is 31.1 Å². The molecule has 356 valence electrons. The number of hydrogen-bond donors (Lipinski definition) is 0. The number of carbonyl (C=O) groups excluding carboxylic acids is 3. The van der Waals surface area contributed by atoms with Gasteiger partial charge in [0.05, 0.1) is 0 Å². The Bertz CT molecular complexity index is 918. The number of ether oxygens (including phenoxy) is 3. The molecule has 0 aliphatic rings. The van der Waals surface area contributed by atoms with E-state index in [0.717, 1.165) is 69.6 Å². The van der Waals surface area contributed by atoms with E-state index in [9.17, 15) is 14.4 Å². The maximum atomic E-state index is 12.7. The summed E-state index contributed by atoms with van der Waals surface area (Å²) < 4.78 is 16.8. The highest BCUT2D eigenvalue weighted by atomic mass is 16.6. The zero-order valence-corrected chi connectivity index (χ0v) is 41.1. The second-order valence-corrected chi connectivity index (χ2v) is 19.2. The molecule has 60 heavy (non-hydrogen) atoms. The number of rotatable bonds is 48. The van der Waals surface area contributed by atoms with Crippen LogP contribution in [0.25, 0.3) is 0 Å². The van der Waals surface area contributed by atoms with Gasteiger partial charge in [-0.15, -0.1) is 0 Å². The molecule has 0 aromatic rings. The van der Waals surface area contributed by atoms with Crippen LogP contribution in [0.4, 0.5) is 0 Å². The number of carbonyl (C=O) groups is 3.